The molecule has 2 saturated heterocycles. The predicted molar refractivity (Wildman–Crippen MR) is 121 cm³/mol. The van der Waals surface area contributed by atoms with Crippen molar-refractivity contribution in [1.82, 2.24) is 25.1 Å². The molecule has 0 spiro atoms. The van der Waals surface area contributed by atoms with E-state index in [0.717, 1.165) is 31.4 Å². The Kier molecular flexibility index (Phi) is 6.59. The number of hydrogen-bond acceptors (Lipinski definition) is 6. The van der Waals surface area contributed by atoms with E-state index < -0.39 is 6.04 Å². The van der Waals surface area contributed by atoms with Crippen molar-refractivity contribution in [2.75, 3.05) is 32.8 Å². The molecular formula is C24H31N5O4. The number of carbonyl (C=O) groups excluding carboxylic acids is 2. The number of amides is 2. The molecule has 5 rings (SSSR count). The molecule has 9 nitrogen and oxygen atoms in total. The van der Waals surface area contributed by atoms with Crippen LogP contribution in [-0.4, -0.2) is 82.6 Å². The van der Waals surface area contributed by atoms with Crippen LogP contribution in [0.5, 0.6) is 5.75 Å². The van der Waals surface area contributed by atoms with Gasteiger partial charge in [0.2, 0.25) is 5.91 Å². The van der Waals surface area contributed by atoms with Gasteiger partial charge in [-0.2, -0.15) is 0 Å². The highest BCUT2D eigenvalue weighted by molar-refractivity contribution is 6.00. The van der Waals surface area contributed by atoms with Crippen LogP contribution in [-0.2, 0) is 16.1 Å². The van der Waals surface area contributed by atoms with Gasteiger partial charge in [-0.15, -0.1) is 0 Å². The van der Waals surface area contributed by atoms with Crippen LogP contribution >= 0.6 is 0 Å². The third-order valence-corrected chi connectivity index (χ3v) is 6.73. The maximum Gasteiger partial charge on any atom is 0.258 e. The van der Waals surface area contributed by atoms with Gasteiger partial charge in [0.15, 0.2) is 0 Å². The normalized spacial score (nSPS) is 27.0. The van der Waals surface area contributed by atoms with Crippen molar-refractivity contribution in [2.24, 2.45) is 0 Å². The number of ether oxygens (including phenoxy) is 2. The molecule has 3 aliphatic heterocycles. The number of nitrogens with one attached hydrogen (secondary N) is 2. The first-order chi connectivity index (χ1) is 16.2. The topological polar surface area (TPSA) is 99.8 Å². The van der Waals surface area contributed by atoms with Crippen LogP contribution < -0.4 is 10.1 Å². The molecule has 3 aliphatic rings. The van der Waals surface area contributed by atoms with Gasteiger partial charge < -0.3 is 24.7 Å². The van der Waals surface area contributed by atoms with Gasteiger partial charge in [-0.1, -0.05) is 12.1 Å². The summed E-state index contributed by atoms with van der Waals surface area (Å²) in [5.41, 5.74) is 1.48. The highest BCUT2D eigenvalue weighted by atomic mass is 16.5. The lowest BCUT2D eigenvalue weighted by Gasteiger charge is -2.41. The monoisotopic (exact) mass is 453 g/mol. The van der Waals surface area contributed by atoms with Crippen molar-refractivity contribution in [2.45, 2.75) is 50.5 Å². The first kappa shape index (κ1) is 21.9. The van der Waals surface area contributed by atoms with Crippen LogP contribution in [0.1, 0.15) is 41.7 Å². The van der Waals surface area contributed by atoms with Crippen molar-refractivity contribution in [3.8, 4) is 5.75 Å². The van der Waals surface area contributed by atoms with Crippen LogP contribution in [0.25, 0.3) is 0 Å². The fourth-order valence-corrected chi connectivity index (χ4v) is 4.96. The van der Waals surface area contributed by atoms with Crippen LogP contribution in [0.15, 0.2) is 36.8 Å². The first-order valence-corrected chi connectivity index (χ1v) is 11.8. The summed E-state index contributed by atoms with van der Waals surface area (Å²) >= 11 is 0. The molecule has 0 radical (unpaired) electrons. The summed E-state index contributed by atoms with van der Waals surface area (Å²) in [5, 5.41) is 3.08. The average molecular weight is 454 g/mol. The summed E-state index contributed by atoms with van der Waals surface area (Å²) in [6.45, 7) is 3.19. The molecule has 1 aromatic carbocycles. The van der Waals surface area contributed by atoms with E-state index >= 15 is 0 Å². The summed E-state index contributed by atoms with van der Waals surface area (Å²) in [5.74, 6) is 0.255. The fourth-order valence-electron chi connectivity index (χ4n) is 4.96. The van der Waals surface area contributed by atoms with Gasteiger partial charge in [-0.25, -0.2) is 4.98 Å². The minimum atomic E-state index is -0.593. The number of rotatable bonds is 2. The molecule has 0 unspecified atom stereocenters. The first-order valence-electron chi connectivity index (χ1n) is 11.8. The Morgan fingerprint density at radius 2 is 1.97 bits per heavy atom. The van der Waals surface area contributed by atoms with Crippen molar-refractivity contribution < 1.29 is 19.1 Å². The molecule has 1 aromatic heterocycles. The molecule has 9 heteroatoms. The Bertz CT molecular complexity index is 966. The van der Waals surface area contributed by atoms with Crippen molar-refractivity contribution >= 4 is 11.8 Å². The van der Waals surface area contributed by atoms with Crippen molar-refractivity contribution in [3.63, 3.8) is 0 Å². The molecule has 2 N–H and O–H groups in total. The Hall–Kier alpha value is -2.91. The number of H-pyrrole nitrogens is 1. The summed E-state index contributed by atoms with van der Waals surface area (Å²) in [6, 6.07) is 6.72. The lowest BCUT2D eigenvalue weighted by atomic mass is 10.0. The standard InChI is InChI=1S/C24H31N5O4/c30-23-21-15-28(14-17-12-25-16-27-17)9-10-29(21)24(31)20-6-1-2-7-22(20)32-11-8-18-4-3-5-19(33-18)13-26-23/h1-2,6-7,12,16,18-19,21H,3-5,8-11,13-15H2,(H,25,27)(H,26,30)/t18-,19-,21-/m0/s1. The largest absolute Gasteiger partial charge is 0.493 e. The Balaban J connectivity index is 1.41. The Morgan fingerprint density at radius 3 is 2.85 bits per heavy atom. The number of hydrogen-bond donors (Lipinski definition) is 2. The number of piperazine rings is 1. The van der Waals surface area contributed by atoms with Crippen molar-refractivity contribution in [1.29, 1.82) is 0 Å². The average Bonchev–Trinajstić information content (AvgIpc) is 3.35. The molecule has 2 fully saturated rings. The molecule has 0 saturated carbocycles. The summed E-state index contributed by atoms with van der Waals surface area (Å²) < 4.78 is 12.3. The van der Waals surface area contributed by atoms with E-state index in [1.54, 1.807) is 23.5 Å². The number of aromatic nitrogens is 2. The minimum absolute atomic E-state index is 0.00300. The predicted octanol–water partition coefficient (Wildman–Crippen LogP) is 1.57. The second-order valence-electron chi connectivity index (χ2n) is 9.02. The number of nitrogens with zero attached hydrogens (tertiary/aromatic N) is 3. The van der Waals surface area contributed by atoms with Gasteiger partial charge in [0, 0.05) is 51.0 Å². The van der Waals surface area contributed by atoms with Gasteiger partial charge in [0.25, 0.3) is 5.91 Å². The highest BCUT2D eigenvalue weighted by Crippen LogP contribution is 2.26. The van der Waals surface area contributed by atoms with Crippen LogP contribution in [0.3, 0.4) is 0 Å². The minimum Gasteiger partial charge on any atom is -0.493 e. The molecule has 0 aliphatic carbocycles. The third kappa shape index (κ3) is 5.04. The zero-order valence-electron chi connectivity index (χ0n) is 18.7. The number of aromatic amines is 1. The fraction of sp³-hybridized carbons (Fsp3) is 0.542. The number of benzene rings is 1. The molecular weight excluding hydrogens is 422 g/mol. The molecule has 176 valence electrons. The highest BCUT2D eigenvalue weighted by Gasteiger charge is 2.37. The van der Waals surface area contributed by atoms with Crippen molar-refractivity contribution in [3.05, 3.63) is 48.0 Å². The van der Waals surface area contributed by atoms with E-state index in [4.69, 9.17) is 9.47 Å². The molecule has 2 amide bonds. The van der Waals surface area contributed by atoms with E-state index in [1.807, 2.05) is 18.2 Å². The van der Waals surface area contributed by atoms with E-state index in [0.29, 0.717) is 50.6 Å². The number of para-hydroxylation sites is 1. The quantitative estimate of drug-likeness (QED) is 0.716. The van der Waals surface area contributed by atoms with Gasteiger partial charge in [0.05, 0.1) is 30.7 Å². The molecule has 33 heavy (non-hydrogen) atoms. The molecule has 4 heterocycles. The smallest absolute Gasteiger partial charge is 0.258 e. The SMILES string of the molecule is O=C1NC[C@@H]2CCC[C@@H](CCOc3ccccc3C(=O)N3CCN(Cc4cnc[nH]4)C[C@@H]13)O2. The maximum atomic E-state index is 13.6. The number of fused-ring (bicyclic) bond motifs is 4. The Morgan fingerprint density at radius 1 is 1.09 bits per heavy atom. The number of carbonyl (C=O) groups is 2. The summed E-state index contributed by atoms with van der Waals surface area (Å²) in [6.07, 6.45) is 7.31. The van der Waals surface area contributed by atoms with Gasteiger partial charge in [0.1, 0.15) is 11.8 Å². The lowest BCUT2D eigenvalue weighted by Crippen LogP contribution is -2.61. The van der Waals surface area contributed by atoms with Gasteiger partial charge in [-0.3, -0.25) is 14.5 Å². The zero-order chi connectivity index (χ0) is 22.6. The second-order valence-corrected chi connectivity index (χ2v) is 9.02. The lowest BCUT2D eigenvalue weighted by molar-refractivity contribution is -0.129. The molecule has 2 bridgehead atoms. The third-order valence-electron chi connectivity index (χ3n) is 6.73. The van der Waals surface area contributed by atoms with E-state index in [-0.39, 0.29) is 24.0 Å². The van der Waals surface area contributed by atoms with E-state index in [9.17, 15) is 9.59 Å². The van der Waals surface area contributed by atoms with E-state index in [1.165, 1.54) is 0 Å². The number of imidazole rings is 1. The van der Waals surface area contributed by atoms with Gasteiger partial charge >= 0.3 is 0 Å². The van der Waals surface area contributed by atoms with Crippen LogP contribution in [0, 0.1) is 0 Å². The zero-order valence-corrected chi connectivity index (χ0v) is 18.7. The van der Waals surface area contributed by atoms with Crippen LogP contribution in [0.2, 0.25) is 0 Å². The van der Waals surface area contributed by atoms with E-state index in [2.05, 4.69) is 20.2 Å². The summed E-state index contributed by atoms with van der Waals surface area (Å²) in [4.78, 5) is 38.0. The summed E-state index contributed by atoms with van der Waals surface area (Å²) in [7, 11) is 0. The Labute approximate surface area is 193 Å². The molecule has 2 aromatic rings. The van der Waals surface area contributed by atoms with Crippen LogP contribution in [0.4, 0.5) is 0 Å². The second kappa shape index (κ2) is 9.93. The maximum absolute atomic E-state index is 13.6. The van der Waals surface area contributed by atoms with Gasteiger partial charge in [-0.05, 0) is 31.4 Å². The molecule has 3 atom stereocenters.